The van der Waals surface area contributed by atoms with Crippen molar-refractivity contribution < 1.29 is 0 Å². The van der Waals surface area contributed by atoms with E-state index in [0.717, 1.165) is 37.2 Å². The summed E-state index contributed by atoms with van der Waals surface area (Å²) in [6.07, 6.45) is 5.89. The van der Waals surface area contributed by atoms with Crippen LogP contribution in [0, 0.1) is 25.7 Å². The molecule has 3 rings (SSSR count). The van der Waals surface area contributed by atoms with Gasteiger partial charge in [-0.2, -0.15) is 0 Å². The smallest absolute Gasteiger partial charge is 0.110 e. The van der Waals surface area contributed by atoms with Crippen molar-refractivity contribution in [2.45, 2.75) is 73.3 Å². The number of hydrogen-bond donors (Lipinski definition) is 0. The summed E-state index contributed by atoms with van der Waals surface area (Å²) in [6, 6.07) is 15.7. The molecule has 1 atom stereocenters. The molecule has 0 bridgehead atoms. The van der Waals surface area contributed by atoms with Crippen LogP contribution in [0.2, 0.25) is 0 Å². The van der Waals surface area contributed by atoms with E-state index >= 15 is 0 Å². The third-order valence-corrected chi connectivity index (χ3v) is 5.66. The maximum Gasteiger partial charge on any atom is 0.110 e. The van der Waals surface area contributed by atoms with Crippen molar-refractivity contribution in [1.29, 1.82) is 0 Å². The molecule has 2 heteroatoms. The van der Waals surface area contributed by atoms with Gasteiger partial charge in [0.2, 0.25) is 0 Å². The van der Waals surface area contributed by atoms with Gasteiger partial charge in [0.15, 0.2) is 0 Å². The molecule has 28 heavy (non-hydrogen) atoms. The zero-order chi connectivity index (χ0) is 20.1. The third kappa shape index (κ3) is 5.25. The van der Waals surface area contributed by atoms with Crippen molar-refractivity contribution in [2.24, 2.45) is 11.8 Å². The van der Waals surface area contributed by atoms with Gasteiger partial charge < -0.3 is 4.57 Å². The Kier molecular flexibility index (Phi) is 6.93. The summed E-state index contributed by atoms with van der Waals surface area (Å²) >= 11 is 0. The number of benzene rings is 2. The minimum absolute atomic E-state index is 0.637. The van der Waals surface area contributed by atoms with Gasteiger partial charge in [0, 0.05) is 13.0 Å². The molecule has 0 radical (unpaired) electrons. The Morgan fingerprint density at radius 1 is 0.929 bits per heavy atom. The van der Waals surface area contributed by atoms with E-state index in [1.807, 2.05) is 0 Å². The number of imidazole rings is 1. The Balaban J connectivity index is 1.89. The fourth-order valence-electron chi connectivity index (χ4n) is 4.19. The van der Waals surface area contributed by atoms with Crippen LogP contribution in [-0.4, -0.2) is 9.55 Å². The molecule has 0 fully saturated rings. The predicted molar refractivity (Wildman–Crippen MR) is 121 cm³/mol. The van der Waals surface area contributed by atoms with Gasteiger partial charge in [0.05, 0.1) is 11.0 Å². The molecule has 1 aromatic heterocycles. The molecule has 1 unspecified atom stereocenters. The predicted octanol–water partition coefficient (Wildman–Crippen LogP) is 6.90. The maximum atomic E-state index is 5.06. The lowest BCUT2D eigenvalue weighted by Gasteiger charge is -2.19. The minimum Gasteiger partial charge on any atom is -0.328 e. The molecule has 2 nitrogen and oxygen atoms in total. The summed E-state index contributed by atoms with van der Waals surface area (Å²) < 4.78 is 2.47. The summed E-state index contributed by atoms with van der Waals surface area (Å²) in [6.45, 7) is 12.3. The number of hydrogen-bond acceptors (Lipinski definition) is 1. The highest BCUT2D eigenvalue weighted by Crippen LogP contribution is 2.25. The molecular formula is C26H36N2. The zero-order valence-corrected chi connectivity index (χ0v) is 18.3. The third-order valence-electron chi connectivity index (χ3n) is 5.66. The Morgan fingerprint density at radius 2 is 1.71 bits per heavy atom. The second kappa shape index (κ2) is 9.41. The molecule has 0 aliphatic heterocycles. The molecule has 0 amide bonds. The standard InChI is InChI=1S/C26H36N2/c1-6-14-28-25-16-21(5)11-13-24(25)27-26(28)18-23(12-10-19(2)3)17-22-9-7-8-20(4)15-22/h7-9,11,13,15-16,19,23H,6,10,12,14,17-18H2,1-5H3. The molecule has 0 spiro atoms. The van der Waals surface area contributed by atoms with Crippen LogP contribution in [0.25, 0.3) is 11.0 Å². The van der Waals surface area contributed by atoms with Gasteiger partial charge in [-0.05, 0) is 68.2 Å². The van der Waals surface area contributed by atoms with E-state index in [2.05, 4.69) is 81.7 Å². The van der Waals surface area contributed by atoms with Gasteiger partial charge in [-0.25, -0.2) is 4.98 Å². The van der Waals surface area contributed by atoms with Gasteiger partial charge in [0.25, 0.3) is 0 Å². The summed E-state index contributed by atoms with van der Waals surface area (Å²) in [5.74, 6) is 2.65. The number of fused-ring (bicyclic) bond motifs is 1. The topological polar surface area (TPSA) is 17.8 Å². The normalized spacial score (nSPS) is 12.8. The van der Waals surface area contributed by atoms with Crippen molar-refractivity contribution in [1.82, 2.24) is 9.55 Å². The highest BCUT2D eigenvalue weighted by Gasteiger charge is 2.17. The largest absolute Gasteiger partial charge is 0.328 e. The average molecular weight is 377 g/mol. The molecule has 3 aromatic rings. The van der Waals surface area contributed by atoms with Crippen molar-refractivity contribution in [2.75, 3.05) is 0 Å². The van der Waals surface area contributed by atoms with Crippen molar-refractivity contribution in [3.05, 3.63) is 65.0 Å². The lowest BCUT2D eigenvalue weighted by atomic mass is 9.89. The first-order valence-electron chi connectivity index (χ1n) is 11.0. The van der Waals surface area contributed by atoms with Gasteiger partial charge >= 0.3 is 0 Å². The molecule has 0 aliphatic carbocycles. The molecule has 2 aromatic carbocycles. The number of rotatable bonds is 9. The van der Waals surface area contributed by atoms with Crippen LogP contribution in [0.5, 0.6) is 0 Å². The van der Waals surface area contributed by atoms with Crippen LogP contribution in [-0.2, 0) is 19.4 Å². The first-order valence-corrected chi connectivity index (χ1v) is 11.0. The summed E-state index contributed by atoms with van der Waals surface area (Å²) in [5.41, 5.74) is 6.58. The van der Waals surface area contributed by atoms with Crippen LogP contribution in [0.4, 0.5) is 0 Å². The summed E-state index contributed by atoms with van der Waals surface area (Å²) in [7, 11) is 0. The van der Waals surface area contributed by atoms with Crippen LogP contribution in [0.3, 0.4) is 0 Å². The molecule has 0 saturated carbocycles. The highest BCUT2D eigenvalue weighted by molar-refractivity contribution is 5.76. The average Bonchev–Trinajstić information content (AvgIpc) is 2.97. The Hall–Kier alpha value is -2.09. The van der Waals surface area contributed by atoms with Crippen molar-refractivity contribution in [3.63, 3.8) is 0 Å². The van der Waals surface area contributed by atoms with Crippen LogP contribution in [0.1, 0.15) is 62.5 Å². The second-order valence-corrected chi connectivity index (χ2v) is 8.91. The highest BCUT2D eigenvalue weighted by atomic mass is 15.1. The quantitative estimate of drug-likeness (QED) is 0.397. The lowest BCUT2D eigenvalue weighted by molar-refractivity contribution is 0.407. The number of aromatic nitrogens is 2. The molecule has 150 valence electrons. The summed E-state index contributed by atoms with van der Waals surface area (Å²) in [5, 5.41) is 0. The van der Waals surface area contributed by atoms with Gasteiger partial charge in [-0.1, -0.05) is 63.1 Å². The van der Waals surface area contributed by atoms with E-state index in [-0.39, 0.29) is 0 Å². The molecule has 0 N–H and O–H groups in total. The van der Waals surface area contributed by atoms with E-state index in [1.165, 1.54) is 40.9 Å². The summed E-state index contributed by atoms with van der Waals surface area (Å²) in [4.78, 5) is 5.06. The Labute approximate surface area is 171 Å². The number of aryl methyl sites for hydroxylation is 3. The first-order chi connectivity index (χ1) is 13.5. The Bertz CT molecular complexity index is 904. The minimum atomic E-state index is 0.637. The monoisotopic (exact) mass is 376 g/mol. The first kappa shape index (κ1) is 20.6. The van der Waals surface area contributed by atoms with Gasteiger partial charge in [-0.15, -0.1) is 0 Å². The second-order valence-electron chi connectivity index (χ2n) is 8.91. The fraction of sp³-hybridized carbons (Fsp3) is 0.500. The van der Waals surface area contributed by atoms with Crippen LogP contribution in [0.15, 0.2) is 42.5 Å². The number of nitrogens with zero attached hydrogens (tertiary/aromatic N) is 2. The van der Waals surface area contributed by atoms with Crippen LogP contribution >= 0.6 is 0 Å². The molecule has 1 heterocycles. The van der Waals surface area contributed by atoms with Gasteiger partial charge in [-0.3, -0.25) is 0 Å². The maximum absolute atomic E-state index is 5.06. The van der Waals surface area contributed by atoms with E-state index in [4.69, 9.17) is 4.98 Å². The molecular weight excluding hydrogens is 340 g/mol. The van der Waals surface area contributed by atoms with Crippen LogP contribution < -0.4 is 0 Å². The van der Waals surface area contributed by atoms with Gasteiger partial charge in [0.1, 0.15) is 5.82 Å². The lowest BCUT2D eigenvalue weighted by Crippen LogP contribution is -2.14. The molecule has 0 aliphatic rings. The van der Waals surface area contributed by atoms with E-state index in [1.54, 1.807) is 0 Å². The Morgan fingerprint density at radius 3 is 2.43 bits per heavy atom. The van der Waals surface area contributed by atoms with Crippen molar-refractivity contribution in [3.8, 4) is 0 Å². The molecule has 0 saturated heterocycles. The SMILES string of the molecule is CCCn1c(CC(CCC(C)C)Cc2cccc(C)c2)nc2ccc(C)cc21. The van der Waals surface area contributed by atoms with E-state index in [0.29, 0.717) is 5.92 Å². The zero-order valence-electron chi connectivity index (χ0n) is 18.3. The fourth-order valence-corrected chi connectivity index (χ4v) is 4.19. The van der Waals surface area contributed by atoms with E-state index in [9.17, 15) is 0 Å². The van der Waals surface area contributed by atoms with Crippen molar-refractivity contribution >= 4 is 11.0 Å². The van der Waals surface area contributed by atoms with E-state index < -0.39 is 0 Å².